The maximum Gasteiger partial charge on any atom is 0.0901 e. The van der Waals surface area contributed by atoms with Gasteiger partial charge in [0.15, 0.2) is 0 Å². The third kappa shape index (κ3) is 5.70. The van der Waals surface area contributed by atoms with E-state index >= 15 is 0 Å². The molecule has 1 aromatic carbocycles. The summed E-state index contributed by atoms with van der Waals surface area (Å²) in [4.78, 5) is 6.87. The van der Waals surface area contributed by atoms with Crippen LogP contribution < -0.4 is 10.6 Å². The van der Waals surface area contributed by atoms with E-state index < -0.39 is 5.60 Å². The normalized spacial score (nSPS) is 27.8. The number of aliphatic hydroxyl groups is 2. The van der Waals surface area contributed by atoms with E-state index in [9.17, 15) is 10.2 Å². The predicted octanol–water partition coefficient (Wildman–Crippen LogP) is 2.73. The Morgan fingerprint density at radius 3 is 2.42 bits per heavy atom. The molecule has 3 aliphatic rings. The summed E-state index contributed by atoms with van der Waals surface area (Å²) in [5.74, 6) is 0.335. The molecule has 0 aromatic heterocycles. The zero-order valence-corrected chi connectivity index (χ0v) is 24.9. The molecular weight excluding hydrogens is 476 g/mol. The number of rotatable bonds is 9. The average Bonchev–Trinajstić information content (AvgIpc) is 2.87. The van der Waals surface area contributed by atoms with Crippen molar-refractivity contribution in [2.24, 2.45) is 17.6 Å². The van der Waals surface area contributed by atoms with Crippen LogP contribution in [0.15, 0.2) is 17.2 Å². The first-order valence-electron chi connectivity index (χ1n) is 14.5. The van der Waals surface area contributed by atoms with Crippen molar-refractivity contribution in [3.63, 3.8) is 0 Å². The average molecular weight is 529 g/mol. The van der Waals surface area contributed by atoms with Crippen LogP contribution in [0.25, 0.3) is 0 Å². The lowest BCUT2D eigenvalue weighted by Gasteiger charge is -2.51. The number of fused-ring (bicyclic) bond motifs is 2. The van der Waals surface area contributed by atoms with Gasteiger partial charge in [-0.2, -0.15) is 0 Å². The van der Waals surface area contributed by atoms with Gasteiger partial charge in [-0.15, -0.1) is 0 Å². The molecule has 0 amide bonds. The number of nitrogens with zero attached hydrogens (tertiary/aromatic N) is 3. The van der Waals surface area contributed by atoms with Crippen molar-refractivity contribution < 1.29 is 14.9 Å². The van der Waals surface area contributed by atoms with E-state index in [4.69, 9.17) is 10.5 Å². The molecule has 4 N–H and O–H groups in total. The van der Waals surface area contributed by atoms with E-state index in [2.05, 4.69) is 48.7 Å². The minimum atomic E-state index is -0.960. The zero-order valence-electron chi connectivity index (χ0n) is 24.9. The Labute approximate surface area is 230 Å². The highest BCUT2D eigenvalue weighted by Crippen LogP contribution is 2.51. The van der Waals surface area contributed by atoms with E-state index in [1.165, 1.54) is 33.5 Å². The molecule has 1 aliphatic heterocycles. The number of benzene rings is 1. The number of hydrogen-bond acceptors (Lipinski definition) is 7. The first-order chi connectivity index (χ1) is 18.0. The third-order valence-corrected chi connectivity index (χ3v) is 9.79. The lowest BCUT2D eigenvalue weighted by atomic mass is 9.59. The van der Waals surface area contributed by atoms with Crippen molar-refractivity contribution in [2.75, 3.05) is 66.0 Å². The molecule has 38 heavy (non-hydrogen) atoms. The third-order valence-electron chi connectivity index (χ3n) is 9.79. The Morgan fingerprint density at radius 2 is 1.84 bits per heavy atom. The van der Waals surface area contributed by atoms with Gasteiger partial charge in [0.1, 0.15) is 0 Å². The van der Waals surface area contributed by atoms with Crippen molar-refractivity contribution in [3.05, 3.63) is 39.5 Å². The second-order valence-corrected chi connectivity index (χ2v) is 12.6. The number of nitrogens with two attached hydrogens (primary N) is 1. The summed E-state index contributed by atoms with van der Waals surface area (Å²) in [7, 11) is 8.34. The van der Waals surface area contributed by atoms with Crippen molar-refractivity contribution in [3.8, 4) is 0 Å². The molecule has 0 bridgehead atoms. The summed E-state index contributed by atoms with van der Waals surface area (Å²) in [6.45, 7) is 11.0. The number of ether oxygens (including phenoxy) is 1. The molecule has 1 fully saturated rings. The van der Waals surface area contributed by atoms with Crippen molar-refractivity contribution in [1.29, 1.82) is 0 Å². The topological polar surface area (TPSA) is 85.4 Å². The van der Waals surface area contributed by atoms with Crippen LogP contribution in [-0.4, -0.2) is 98.8 Å². The number of hydrogen-bond donors (Lipinski definition) is 3. The van der Waals surface area contributed by atoms with Crippen molar-refractivity contribution >= 4 is 5.69 Å². The largest absolute Gasteiger partial charge is 0.395 e. The Bertz CT molecular complexity index is 1010. The lowest BCUT2D eigenvalue weighted by molar-refractivity contribution is -0.0578. The van der Waals surface area contributed by atoms with E-state index in [1.807, 2.05) is 21.0 Å². The van der Waals surface area contributed by atoms with E-state index in [0.29, 0.717) is 12.3 Å². The summed E-state index contributed by atoms with van der Waals surface area (Å²) in [6, 6.07) is 2.35. The van der Waals surface area contributed by atoms with Crippen LogP contribution in [0.5, 0.6) is 0 Å². The first-order valence-corrected chi connectivity index (χ1v) is 14.5. The van der Waals surface area contributed by atoms with Crippen molar-refractivity contribution in [2.45, 2.75) is 77.1 Å². The molecule has 4 rings (SSSR count). The van der Waals surface area contributed by atoms with Crippen LogP contribution >= 0.6 is 0 Å². The molecule has 0 saturated carbocycles. The molecule has 7 heteroatoms. The molecule has 5 atom stereocenters. The SMILES string of the molecule is CC1=C2Cc3c(C)c(CN4CCOCC4)cc(N(C)C)c3C[C@H]2C[C@@H]([C@@H](CO)N(C)C)[C@@]1(O)CCC(C)N. The number of likely N-dealkylation sites (N-methyl/N-ethyl adjacent to an activating group) is 1. The summed E-state index contributed by atoms with van der Waals surface area (Å²) in [6.07, 6.45) is 4.16. The molecule has 1 aromatic rings. The lowest BCUT2D eigenvalue weighted by Crippen LogP contribution is -2.55. The van der Waals surface area contributed by atoms with Gasteiger partial charge < -0.3 is 30.5 Å². The van der Waals surface area contributed by atoms with Crippen LogP contribution in [0.4, 0.5) is 5.69 Å². The van der Waals surface area contributed by atoms with Gasteiger partial charge in [0.25, 0.3) is 0 Å². The quantitative estimate of drug-likeness (QED) is 0.425. The standard InChI is InChI=1S/C31H52N4O3/c1-20(32)8-9-31(37)22(3)26-17-25-21(2)24(18-35-10-12-38-13-11-35)16-29(33(4)5)27(25)14-23(26)15-28(31)30(19-36)34(6)7/h16,20,23,28,30,36-37H,8-15,17-19,32H2,1-7H3/t20?,23-,28-,30+,31+/m0/s1. The van der Waals surface area contributed by atoms with Crippen LogP contribution in [0.3, 0.4) is 0 Å². The number of morpholine rings is 1. The maximum absolute atomic E-state index is 12.4. The Kier molecular flexibility index (Phi) is 9.28. The van der Waals surface area contributed by atoms with Gasteiger partial charge in [-0.05, 0) is 107 Å². The van der Waals surface area contributed by atoms with E-state index in [-0.39, 0.29) is 24.6 Å². The smallest absolute Gasteiger partial charge is 0.0901 e. The molecule has 7 nitrogen and oxygen atoms in total. The van der Waals surface area contributed by atoms with Gasteiger partial charge in [0.05, 0.1) is 25.4 Å². The summed E-state index contributed by atoms with van der Waals surface area (Å²) >= 11 is 0. The fraction of sp³-hybridized carbons (Fsp3) is 0.742. The number of anilines is 1. The number of allylic oxidation sites excluding steroid dienone is 1. The highest BCUT2D eigenvalue weighted by molar-refractivity contribution is 5.64. The van der Waals surface area contributed by atoms with Gasteiger partial charge in [-0.25, -0.2) is 0 Å². The second kappa shape index (κ2) is 11.9. The van der Waals surface area contributed by atoms with E-state index in [0.717, 1.165) is 64.1 Å². The fourth-order valence-corrected chi connectivity index (χ4v) is 7.34. The molecule has 1 heterocycles. The summed E-state index contributed by atoms with van der Waals surface area (Å²) < 4.78 is 5.59. The van der Waals surface area contributed by atoms with Crippen LogP contribution in [0, 0.1) is 18.8 Å². The predicted molar refractivity (Wildman–Crippen MR) is 156 cm³/mol. The fourth-order valence-electron chi connectivity index (χ4n) is 7.34. The van der Waals surface area contributed by atoms with Gasteiger partial charge in [-0.3, -0.25) is 4.90 Å². The summed E-state index contributed by atoms with van der Waals surface area (Å²) in [5.41, 5.74) is 14.8. The Hall–Kier alpha value is -1.48. The van der Waals surface area contributed by atoms with Gasteiger partial charge in [-0.1, -0.05) is 5.57 Å². The molecule has 1 unspecified atom stereocenters. The Balaban J connectivity index is 1.78. The van der Waals surface area contributed by atoms with Gasteiger partial charge in [0, 0.05) is 57.4 Å². The highest BCUT2D eigenvalue weighted by Gasteiger charge is 2.50. The number of aliphatic hydroxyl groups excluding tert-OH is 1. The molecule has 0 spiro atoms. The molecule has 214 valence electrons. The summed E-state index contributed by atoms with van der Waals surface area (Å²) in [5, 5.41) is 22.8. The zero-order chi connectivity index (χ0) is 27.8. The van der Waals surface area contributed by atoms with Gasteiger partial charge >= 0.3 is 0 Å². The maximum atomic E-state index is 12.4. The second-order valence-electron chi connectivity index (χ2n) is 12.6. The molecule has 0 radical (unpaired) electrons. The highest BCUT2D eigenvalue weighted by atomic mass is 16.5. The molecular formula is C31H52N4O3. The monoisotopic (exact) mass is 528 g/mol. The Morgan fingerprint density at radius 1 is 1.16 bits per heavy atom. The van der Waals surface area contributed by atoms with Crippen LogP contribution in [-0.2, 0) is 24.1 Å². The van der Waals surface area contributed by atoms with Gasteiger partial charge in [0.2, 0.25) is 0 Å². The van der Waals surface area contributed by atoms with E-state index in [1.54, 1.807) is 0 Å². The van der Waals surface area contributed by atoms with Crippen LogP contribution in [0.2, 0.25) is 0 Å². The minimum absolute atomic E-state index is 0.0295. The first kappa shape index (κ1) is 29.5. The minimum Gasteiger partial charge on any atom is -0.395 e. The molecule has 1 saturated heterocycles. The van der Waals surface area contributed by atoms with Crippen LogP contribution in [0.1, 0.15) is 55.4 Å². The van der Waals surface area contributed by atoms with Crippen molar-refractivity contribution in [1.82, 2.24) is 9.80 Å². The molecule has 2 aliphatic carbocycles.